The molecule has 4 aromatic rings. The molecular weight excluding hydrogens is 309 g/mol. The third-order valence-corrected chi connectivity index (χ3v) is 4.27. The number of hydrogen-bond donors (Lipinski definition) is 0. The summed E-state index contributed by atoms with van der Waals surface area (Å²) in [5.74, 6) is 0. The summed E-state index contributed by atoms with van der Waals surface area (Å²) in [5.41, 5.74) is 0.183. The monoisotopic (exact) mass is 322 g/mol. The normalized spacial score (nSPS) is 12.0. The lowest BCUT2D eigenvalue weighted by atomic mass is 9.93. The summed E-state index contributed by atoms with van der Waals surface area (Å²) >= 11 is 0. The third-order valence-electron chi connectivity index (χ3n) is 4.27. The van der Waals surface area contributed by atoms with Crippen LogP contribution in [0.2, 0.25) is 0 Å². The van der Waals surface area contributed by atoms with E-state index in [0.717, 1.165) is 16.2 Å². The van der Waals surface area contributed by atoms with Gasteiger partial charge in [0, 0.05) is 0 Å². The van der Waals surface area contributed by atoms with E-state index in [1.165, 1.54) is 6.07 Å². The predicted octanol–water partition coefficient (Wildman–Crippen LogP) is 6.68. The maximum atomic E-state index is 13.6. The lowest BCUT2D eigenvalue weighted by molar-refractivity contribution is -0.137. The highest BCUT2D eigenvalue weighted by Gasteiger charge is 2.34. The van der Waals surface area contributed by atoms with Gasteiger partial charge in [-0.3, -0.25) is 0 Å². The van der Waals surface area contributed by atoms with E-state index in [1.54, 1.807) is 42.5 Å². The van der Waals surface area contributed by atoms with E-state index < -0.39 is 11.7 Å². The SMILES string of the molecule is FC(F)(F)c1cc2ccc3ccccc3c2cc1-c1ccccc1. The molecule has 24 heavy (non-hydrogen) atoms. The predicted molar refractivity (Wildman–Crippen MR) is 91.9 cm³/mol. The lowest BCUT2D eigenvalue weighted by Gasteiger charge is -2.15. The molecule has 0 atom stereocenters. The van der Waals surface area contributed by atoms with Crippen LogP contribution in [0, 0.1) is 0 Å². The van der Waals surface area contributed by atoms with Gasteiger partial charge in [0.25, 0.3) is 0 Å². The van der Waals surface area contributed by atoms with Crippen LogP contribution in [0.25, 0.3) is 32.7 Å². The fourth-order valence-electron chi connectivity index (χ4n) is 3.15. The van der Waals surface area contributed by atoms with Gasteiger partial charge in [0.1, 0.15) is 0 Å². The van der Waals surface area contributed by atoms with Crippen LogP contribution in [0.15, 0.2) is 78.9 Å². The van der Waals surface area contributed by atoms with Gasteiger partial charge in [-0.05, 0) is 44.8 Å². The Balaban J connectivity index is 2.13. The average molecular weight is 322 g/mol. The minimum absolute atomic E-state index is 0.215. The van der Waals surface area contributed by atoms with Crippen molar-refractivity contribution in [2.45, 2.75) is 6.18 Å². The summed E-state index contributed by atoms with van der Waals surface area (Å²) in [6.07, 6.45) is -4.40. The van der Waals surface area contributed by atoms with Crippen LogP contribution in [-0.4, -0.2) is 0 Å². The summed E-state index contributed by atoms with van der Waals surface area (Å²) in [4.78, 5) is 0. The average Bonchev–Trinajstić information content (AvgIpc) is 2.60. The molecule has 118 valence electrons. The first-order chi connectivity index (χ1) is 11.5. The van der Waals surface area contributed by atoms with Crippen LogP contribution in [0.3, 0.4) is 0 Å². The van der Waals surface area contributed by atoms with Crippen molar-refractivity contribution in [3.8, 4) is 11.1 Å². The highest BCUT2D eigenvalue weighted by Crippen LogP contribution is 2.40. The van der Waals surface area contributed by atoms with Crippen LogP contribution in [0.4, 0.5) is 13.2 Å². The second-order valence-corrected chi connectivity index (χ2v) is 5.77. The molecule has 0 saturated carbocycles. The molecule has 0 saturated heterocycles. The first-order valence-electron chi connectivity index (χ1n) is 7.62. The Morgan fingerprint density at radius 1 is 0.583 bits per heavy atom. The molecule has 0 amide bonds. The molecule has 0 heterocycles. The summed E-state index contributed by atoms with van der Waals surface area (Å²) in [6.45, 7) is 0. The summed E-state index contributed by atoms with van der Waals surface area (Å²) in [6, 6.07) is 23.0. The third kappa shape index (κ3) is 2.42. The molecule has 4 aromatic carbocycles. The molecule has 0 unspecified atom stereocenters. The molecule has 0 N–H and O–H groups in total. The van der Waals surface area contributed by atoms with Crippen molar-refractivity contribution in [3.05, 3.63) is 84.4 Å². The molecule has 0 aliphatic rings. The van der Waals surface area contributed by atoms with Gasteiger partial charge in [-0.1, -0.05) is 66.7 Å². The molecule has 3 heteroatoms. The fourth-order valence-corrected chi connectivity index (χ4v) is 3.15. The van der Waals surface area contributed by atoms with Crippen molar-refractivity contribution >= 4 is 21.5 Å². The summed E-state index contributed by atoms with van der Waals surface area (Å²) in [7, 11) is 0. The Hall–Kier alpha value is -2.81. The maximum absolute atomic E-state index is 13.6. The van der Waals surface area contributed by atoms with E-state index in [1.807, 2.05) is 30.3 Å². The molecule has 0 aliphatic carbocycles. The van der Waals surface area contributed by atoms with Gasteiger partial charge in [0.15, 0.2) is 0 Å². The van der Waals surface area contributed by atoms with Crippen molar-refractivity contribution in [2.75, 3.05) is 0 Å². The van der Waals surface area contributed by atoms with Gasteiger partial charge < -0.3 is 0 Å². The number of fused-ring (bicyclic) bond motifs is 3. The largest absolute Gasteiger partial charge is 0.417 e. The second-order valence-electron chi connectivity index (χ2n) is 5.77. The Bertz CT molecular complexity index is 1030. The Labute approximate surface area is 137 Å². The van der Waals surface area contributed by atoms with Crippen molar-refractivity contribution in [3.63, 3.8) is 0 Å². The summed E-state index contributed by atoms with van der Waals surface area (Å²) in [5, 5.41) is 3.41. The van der Waals surface area contributed by atoms with E-state index >= 15 is 0 Å². The summed E-state index contributed by atoms with van der Waals surface area (Å²) < 4.78 is 40.7. The zero-order valence-corrected chi connectivity index (χ0v) is 12.6. The van der Waals surface area contributed by atoms with Crippen LogP contribution < -0.4 is 0 Å². The van der Waals surface area contributed by atoms with Crippen molar-refractivity contribution in [1.82, 2.24) is 0 Å². The highest BCUT2D eigenvalue weighted by atomic mass is 19.4. The molecule has 0 bridgehead atoms. The number of rotatable bonds is 1. The van der Waals surface area contributed by atoms with E-state index in [4.69, 9.17) is 0 Å². The minimum Gasteiger partial charge on any atom is -0.166 e. The van der Waals surface area contributed by atoms with Gasteiger partial charge in [0.05, 0.1) is 5.56 Å². The van der Waals surface area contributed by atoms with E-state index in [0.29, 0.717) is 10.9 Å². The number of alkyl halides is 3. The molecular formula is C21H13F3. The number of benzene rings is 4. The van der Waals surface area contributed by atoms with Crippen molar-refractivity contribution in [2.24, 2.45) is 0 Å². The van der Waals surface area contributed by atoms with Crippen LogP contribution in [-0.2, 0) is 6.18 Å². The minimum atomic E-state index is -4.40. The quantitative estimate of drug-likeness (QED) is 0.343. The van der Waals surface area contributed by atoms with Crippen LogP contribution in [0.1, 0.15) is 5.56 Å². The van der Waals surface area contributed by atoms with Crippen molar-refractivity contribution in [1.29, 1.82) is 0 Å². The zero-order chi connectivity index (χ0) is 16.7. The topological polar surface area (TPSA) is 0 Å². The number of halogens is 3. The molecule has 0 aromatic heterocycles. The Morgan fingerprint density at radius 2 is 1.25 bits per heavy atom. The molecule has 0 fully saturated rings. The number of hydrogen-bond acceptors (Lipinski definition) is 0. The molecule has 0 radical (unpaired) electrons. The van der Waals surface area contributed by atoms with E-state index in [-0.39, 0.29) is 5.56 Å². The van der Waals surface area contributed by atoms with Gasteiger partial charge in [0.2, 0.25) is 0 Å². The fraction of sp³-hybridized carbons (Fsp3) is 0.0476. The van der Waals surface area contributed by atoms with Gasteiger partial charge in [-0.2, -0.15) is 13.2 Å². The maximum Gasteiger partial charge on any atom is 0.417 e. The van der Waals surface area contributed by atoms with Crippen LogP contribution >= 0.6 is 0 Å². The molecule has 0 aliphatic heterocycles. The molecule has 0 nitrogen and oxygen atoms in total. The second kappa shape index (κ2) is 5.38. The molecule has 0 spiro atoms. The first-order valence-corrected chi connectivity index (χ1v) is 7.62. The Kier molecular flexibility index (Phi) is 3.31. The van der Waals surface area contributed by atoms with E-state index in [9.17, 15) is 13.2 Å². The highest BCUT2D eigenvalue weighted by molar-refractivity contribution is 6.09. The van der Waals surface area contributed by atoms with Gasteiger partial charge in [-0.15, -0.1) is 0 Å². The Morgan fingerprint density at radius 3 is 2.00 bits per heavy atom. The van der Waals surface area contributed by atoms with E-state index in [2.05, 4.69) is 0 Å². The smallest absolute Gasteiger partial charge is 0.166 e. The van der Waals surface area contributed by atoms with Crippen molar-refractivity contribution < 1.29 is 13.2 Å². The first kappa shape index (κ1) is 14.8. The van der Waals surface area contributed by atoms with Gasteiger partial charge >= 0.3 is 6.18 Å². The van der Waals surface area contributed by atoms with Crippen LogP contribution in [0.5, 0.6) is 0 Å². The molecule has 4 rings (SSSR count). The zero-order valence-electron chi connectivity index (χ0n) is 12.6. The van der Waals surface area contributed by atoms with Gasteiger partial charge in [-0.25, -0.2) is 0 Å². The standard InChI is InChI=1S/C21H13F3/c22-21(23,24)20-12-16-11-10-15-8-4-5-9-17(15)18(16)13-19(20)14-6-2-1-3-7-14/h1-13H. The lowest BCUT2D eigenvalue weighted by Crippen LogP contribution is -2.07.